The van der Waals surface area contributed by atoms with Gasteiger partial charge in [-0.25, -0.2) is 4.98 Å². The van der Waals surface area contributed by atoms with Crippen LogP contribution >= 0.6 is 34.7 Å². The minimum Gasteiger partial charge on any atom is -0.369 e. The summed E-state index contributed by atoms with van der Waals surface area (Å²) in [6.07, 6.45) is 0. The molecule has 1 aromatic heterocycles. The quantitative estimate of drug-likeness (QED) is 0.846. The van der Waals surface area contributed by atoms with Gasteiger partial charge in [-0.15, -0.1) is 23.1 Å². The number of carbonyl (C=O) groups is 2. The Hall–Kier alpha value is -1.57. The van der Waals surface area contributed by atoms with Gasteiger partial charge in [-0.1, -0.05) is 23.7 Å². The van der Waals surface area contributed by atoms with Crippen LogP contribution in [0.4, 0.5) is 5.13 Å². The van der Waals surface area contributed by atoms with Gasteiger partial charge in [0, 0.05) is 11.1 Å². The predicted molar refractivity (Wildman–Crippen MR) is 86.9 cm³/mol. The van der Waals surface area contributed by atoms with Crippen LogP contribution in [0.3, 0.4) is 0 Å². The molecule has 21 heavy (non-hydrogen) atoms. The molecule has 0 radical (unpaired) electrons. The number of aromatic nitrogens is 1. The fourth-order valence-electron chi connectivity index (χ4n) is 1.50. The van der Waals surface area contributed by atoms with Gasteiger partial charge in [-0.3, -0.25) is 14.9 Å². The number of primary amides is 1. The van der Waals surface area contributed by atoms with Crippen molar-refractivity contribution in [1.29, 1.82) is 0 Å². The number of nitrogens with one attached hydrogen (secondary N) is 1. The topological polar surface area (TPSA) is 85.1 Å². The Kier molecular flexibility index (Phi) is 5.60. The van der Waals surface area contributed by atoms with Crippen molar-refractivity contribution >= 4 is 51.6 Å². The maximum atomic E-state index is 12.1. The van der Waals surface area contributed by atoms with E-state index in [1.54, 1.807) is 24.3 Å². The molecule has 0 saturated heterocycles. The van der Waals surface area contributed by atoms with Crippen molar-refractivity contribution in [1.82, 2.24) is 4.98 Å². The molecule has 0 fully saturated rings. The molecule has 1 aromatic carbocycles. The highest BCUT2D eigenvalue weighted by molar-refractivity contribution is 7.99. The molecule has 0 unspecified atom stereocenters. The first-order chi connectivity index (χ1) is 10.1. The fraction of sp³-hybridized carbons (Fsp3) is 0.154. The first kappa shape index (κ1) is 15.8. The lowest BCUT2D eigenvalue weighted by Crippen LogP contribution is -2.13. The number of halogens is 1. The molecule has 8 heteroatoms. The molecule has 2 amide bonds. The third kappa shape index (κ3) is 4.73. The van der Waals surface area contributed by atoms with Gasteiger partial charge >= 0.3 is 0 Å². The lowest BCUT2D eigenvalue weighted by molar-refractivity contribution is -0.115. The van der Waals surface area contributed by atoms with Crippen LogP contribution in [0.1, 0.15) is 16.1 Å². The molecule has 0 atom stereocenters. The lowest BCUT2D eigenvalue weighted by atomic mass is 10.2. The second kappa shape index (κ2) is 7.44. The van der Waals surface area contributed by atoms with Crippen LogP contribution in [-0.2, 0) is 10.5 Å². The van der Waals surface area contributed by atoms with Crippen LogP contribution in [0, 0.1) is 0 Å². The van der Waals surface area contributed by atoms with E-state index in [1.807, 2.05) is 5.38 Å². The minimum absolute atomic E-state index is 0.249. The van der Waals surface area contributed by atoms with E-state index < -0.39 is 0 Å². The van der Waals surface area contributed by atoms with Crippen LogP contribution in [0.5, 0.6) is 0 Å². The van der Waals surface area contributed by atoms with Crippen LogP contribution < -0.4 is 11.1 Å². The van der Waals surface area contributed by atoms with E-state index in [0.29, 0.717) is 21.5 Å². The average molecular weight is 342 g/mol. The summed E-state index contributed by atoms with van der Waals surface area (Å²) in [6, 6.07) is 6.81. The van der Waals surface area contributed by atoms with Crippen LogP contribution in [-0.4, -0.2) is 22.6 Å². The van der Waals surface area contributed by atoms with Crippen molar-refractivity contribution < 1.29 is 9.59 Å². The zero-order chi connectivity index (χ0) is 15.2. The Bertz CT molecular complexity index is 660. The molecule has 2 aromatic rings. The summed E-state index contributed by atoms with van der Waals surface area (Å²) < 4.78 is 0. The number of thiazole rings is 1. The molecule has 0 bridgehead atoms. The molecule has 2 rings (SSSR count). The number of hydrogen-bond donors (Lipinski definition) is 2. The molecule has 0 aliphatic rings. The smallest absolute Gasteiger partial charge is 0.258 e. The Morgan fingerprint density at radius 3 is 2.86 bits per heavy atom. The van der Waals surface area contributed by atoms with Crippen molar-refractivity contribution in [3.8, 4) is 0 Å². The molecule has 0 aliphatic carbocycles. The Balaban J connectivity index is 1.95. The van der Waals surface area contributed by atoms with E-state index in [1.165, 1.54) is 23.1 Å². The van der Waals surface area contributed by atoms with Gasteiger partial charge in [-0.2, -0.15) is 0 Å². The van der Waals surface area contributed by atoms with E-state index in [0.717, 1.165) is 5.69 Å². The monoisotopic (exact) mass is 341 g/mol. The maximum Gasteiger partial charge on any atom is 0.258 e. The maximum absolute atomic E-state index is 12.1. The number of benzene rings is 1. The van der Waals surface area contributed by atoms with Gasteiger partial charge in [0.05, 0.1) is 22.0 Å². The van der Waals surface area contributed by atoms with E-state index in [9.17, 15) is 9.59 Å². The molecule has 0 saturated carbocycles. The first-order valence-electron chi connectivity index (χ1n) is 5.92. The number of thioether (sulfide) groups is 1. The largest absolute Gasteiger partial charge is 0.369 e. The molecule has 0 aliphatic heterocycles. The average Bonchev–Trinajstić information content (AvgIpc) is 2.86. The number of rotatable bonds is 6. The van der Waals surface area contributed by atoms with Crippen molar-refractivity contribution in [3.05, 3.63) is 45.9 Å². The summed E-state index contributed by atoms with van der Waals surface area (Å²) in [5.41, 5.74) is 6.25. The molecule has 3 N–H and O–H groups in total. The molecule has 0 spiro atoms. The summed E-state index contributed by atoms with van der Waals surface area (Å²) in [5, 5.41) is 5.42. The van der Waals surface area contributed by atoms with E-state index >= 15 is 0 Å². The number of anilines is 1. The third-order valence-electron chi connectivity index (χ3n) is 2.38. The van der Waals surface area contributed by atoms with Crippen molar-refractivity contribution in [2.75, 3.05) is 11.1 Å². The molecule has 110 valence electrons. The van der Waals surface area contributed by atoms with Crippen LogP contribution in [0.25, 0.3) is 0 Å². The number of carbonyl (C=O) groups excluding carboxylic acids is 2. The van der Waals surface area contributed by atoms with Crippen LogP contribution in [0.15, 0.2) is 29.6 Å². The minimum atomic E-state index is -0.359. The Morgan fingerprint density at radius 2 is 2.14 bits per heavy atom. The zero-order valence-electron chi connectivity index (χ0n) is 10.8. The van der Waals surface area contributed by atoms with Crippen molar-refractivity contribution in [2.45, 2.75) is 5.75 Å². The summed E-state index contributed by atoms with van der Waals surface area (Å²) in [4.78, 5) is 27.0. The number of hydrogen-bond acceptors (Lipinski definition) is 5. The van der Waals surface area contributed by atoms with E-state index in [-0.39, 0.29) is 17.6 Å². The SMILES string of the molecule is NC(=O)CSCc1csc(NC(=O)c2ccccc2Cl)n1. The number of nitrogens with two attached hydrogens (primary N) is 1. The van der Waals surface area contributed by atoms with Crippen molar-refractivity contribution in [2.24, 2.45) is 5.73 Å². The highest BCUT2D eigenvalue weighted by Crippen LogP contribution is 2.21. The lowest BCUT2D eigenvalue weighted by Gasteiger charge is -2.03. The summed E-state index contributed by atoms with van der Waals surface area (Å²) in [6.45, 7) is 0. The molecular weight excluding hydrogens is 330 g/mol. The van der Waals surface area contributed by atoms with Gasteiger partial charge < -0.3 is 5.73 Å². The molecule has 1 heterocycles. The van der Waals surface area contributed by atoms with Gasteiger partial charge in [0.2, 0.25) is 5.91 Å². The number of amides is 2. The molecular formula is C13H12ClN3O2S2. The van der Waals surface area contributed by atoms with Gasteiger partial charge in [-0.05, 0) is 12.1 Å². The fourth-order valence-corrected chi connectivity index (χ4v) is 3.19. The van der Waals surface area contributed by atoms with Crippen molar-refractivity contribution in [3.63, 3.8) is 0 Å². The second-order valence-electron chi connectivity index (χ2n) is 4.04. The standard InChI is InChI=1S/C13H12ClN3O2S2/c14-10-4-2-1-3-9(10)12(19)17-13-16-8(6-21-13)5-20-7-11(15)18/h1-4,6H,5,7H2,(H2,15,18)(H,16,17,19). The Morgan fingerprint density at radius 1 is 1.38 bits per heavy atom. The van der Waals surface area contributed by atoms with Crippen LogP contribution in [0.2, 0.25) is 5.02 Å². The van der Waals surface area contributed by atoms with E-state index in [2.05, 4.69) is 10.3 Å². The van der Waals surface area contributed by atoms with Gasteiger partial charge in [0.15, 0.2) is 5.13 Å². The molecule has 5 nitrogen and oxygen atoms in total. The zero-order valence-corrected chi connectivity index (χ0v) is 13.2. The summed E-state index contributed by atoms with van der Waals surface area (Å²) in [7, 11) is 0. The Labute approximate surface area is 134 Å². The summed E-state index contributed by atoms with van der Waals surface area (Å²) in [5.74, 6) is 0.161. The number of nitrogens with zero attached hydrogens (tertiary/aromatic N) is 1. The summed E-state index contributed by atoms with van der Waals surface area (Å²) >= 11 is 8.67. The third-order valence-corrected chi connectivity index (χ3v) is 4.51. The highest BCUT2D eigenvalue weighted by atomic mass is 35.5. The predicted octanol–water partition coefficient (Wildman–Crippen LogP) is 2.77. The normalized spacial score (nSPS) is 10.3. The van der Waals surface area contributed by atoms with Gasteiger partial charge in [0.25, 0.3) is 5.91 Å². The second-order valence-corrected chi connectivity index (χ2v) is 6.29. The van der Waals surface area contributed by atoms with E-state index in [4.69, 9.17) is 17.3 Å². The van der Waals surface area contributed by atoms with Gasteiger partial charge in [0.1, 0.15) is 0 Å². The highest BCUT2D eigenvalue weighted by Gasteiger charge is 2.12. The first-order valence-corrected chi connectivity index (χ1v) is 8.34.